The Labute approximate surface area is 187 Å². The van der Waals surface area contributed by atoms with Crippen molar-refractivity contribution in [1.29, 1.82) is 0 Å². The molecule has 0 saturated carbocycles. The summed E-state index contributed by atoms with van der Waals surface area (Å²) in [6.45, 7) is 0.0265. The van der Waals surface area contributed by atoms with E-state index in [0.29, 0.717) is 39.5 Å². The molecule has 0 unspecified atom stereocenters. The molecule has 0 radical (unpaired) electrons. The Bertz CT molecular complexity index is 1240. The predicted octanol–water partition coefficient (Wildman–Crippen LogP) is 2.34. The molecule has 2 aliphatic heterocycles. The van der Waals surface area contributed by atoms with E-state index in [-0.39, 0.29) is 41.9 Å². The lowest BCUT2D eigenvalue weighted by Crippen LogP contribution is -2.43. The molecule has 3 N–H and O–H groups in total. The fourth-order valence-electron chi connectivity index (χ4n) is 4.08. The number of benzene rings is 2. The Kier molecular flexibility index (Phi) is 5.44. The van der Waals surface area contributed by atoms with E-state index in [1.54, 1.807) is 42.1 Å². The van der Waals surface area contributed by atoms with Crippen LogP contribution < -0.4 is 20.2 Å². The number of amides is 1. The van der Waals surface area contributed by atoms with Crippen molar-refractivity contribution in [2.75, 3.05) is 18.3 Å². The Morgan fingerprint density at radius 3 is 2.72 bits per heavy atom. The van der Waals surface area contributed by atoms with E-state index in [2.05, 4.69) is 5.32 Å². The van der Waals surface area contributed by atoms with Gasteiger partial charge < -0.3 is 29.4 Å². The summed E-state index contributed by atoms with van der Waals surface area (Å²) in [6.07, 6.45) is 0.601. The molecule has 1 amide bonds. The number of hydrogen-bond acceptors (Lipinski definition) is 8. The molecule has 3 atom stereocenters. The quantitative estimate of drug-likeness (QED) is 0.537. The SMILES string of the molecule is O=C(C[C@H](c1cc2c(cc1O)OCO2)c1coc2ccccc2c1=O)N[C@H]1CSC[C@H]1O. The topological polar surface area (TPSA) is 118 Å². The van der Waals surface area contributed by atoms with Gasteiger partial charge in [0.25, 0.3) is 0 Å². The first-order valence-corrected chi connectivity index (χ1v) is 11.3. The minimum absolute atomic E-state index is 0.0265. The molecular formula is C23H21NO7S. The number of nitrogens with one attached hydrogen (secondary N) is 1. The molecule has 1 saturated heterocycles. The number of para-hydroxylation sites is 1. The maximum atomic E-state index is 13.3. The molecule has 0 aliphatic carbocycles. The van der Waals surface area contributed by atoms with Crippen LogP contribution in [0.25, 0.3) is 11.0 Å². The maximum Gasteiger partial charge on any atom is 0.231 e. The molecule has 8 nitrogen and oxygen atoms in total. The number of hydrogen-bond donors (Lipinski definition) is 3. The number of fused-ring (bicyclic) bond motifs is 2. The normalized spacial score (nSPS) is 20.4. The number of aliphatic hydroxyl groups excluding tert-OH is 1. The van der Waals surface area contributed by atoms with Crippen LogP contribution in [0.1, 0.15) is 23.5 Å². The third-order valence-corrected chi connectivity index (χ3v) is 6.94. The molecule has 1 aromatic heterocycles. The van der Waals surface area contributed by atoms with E-state index in [0.717, 1.165) is 0 Å². The van der Waals surface area contributed by atoms with Crippen molar-refractivity contribution in [3.63, 3.8) is 0 Å². The van der Waals surface area contributed by atoms with Crippen LogP contribution in [0.3, 0.4) is 0 Å². The van der Waals surface area contributed by atoms with Crippen molar-refractivity contribution in [3.8, 4) is 17.2 Å². The molecule has 2 aliphatic rings. The van der Waals surface area contributed by atoms with Crippen LogP contribution in [0.5, 0.6) is 17.2 Å². The fraction of sp³-hybridized carbons (Fsp3) is 0.304. The summed E-state index contributed by atoms with van der Waals surface area (Å²) >= 11 is 1.56. The van der Waals surface area contributed by atoms with Crippen molar-refractivity contribution in [2.45, 2.75) is 24.5 Å². The first kappa shape index (κ1) is 20.7. The zero-order valence-corrected chi connectivity index (χ0v) is 17.8. The zero-order chi connectivity index (χ0) is 22.2. The Morgan fingerprint density at radius 2 is 1.94 bits per heavy atom. The largest absolute Gasteiger partial charge is 0.508 e. The van der Waals surface area contributed by atoms with Gasteiger partial charge in [-0.3, -0.25) is 9.59 Å². The molecule has 2 aromatic carbocycles. The van der Waals surface area contributed by atoms with Gasteiger partial charge in [-0.15, -0.1) is 0 Å². The number of phenolic OH excluding ortho intramolecular Hbond substituents is 1. The average molecular weight is 455 g/mol. The summed E-state index contributed by atoms with van der Waals surface area (Å²) in [7, 11) is 0. The van der Waals surface area contributed by atoms with Gasteiger partial charge in [0.2, 0.25) is 12.7 Å². The number of thioether (sulfide) groups is 1. The second kappa shape index (κ2) is 8.40. The van der Waals surface area contributed by atoms with Crippen LogP contribution in [0.2, 0.25) is 0 Å². The van der Waals surface area contributed by atoms with Gasteiger partial charge in [0, 0.05) is 41.0 Å². The van der Waals surface area contributed by atoms with Crippen molar-refractivity contribution >= 4 is 28.6 Å². The van der Waals surface area contributed by atoms with Gasteiger partial charge in [-0.25, -0.2) is 0 Å². The van der Waals surface area contributed by atoms with Crippen molar-refractivity contribution in [1.82, 2.24) is 5.32 Å². The first-order chi connectivity index (χ1) is 15.5. The van der Waals surface area contributed by atoms with Crippen molar-refractivity contribution < 1.29 is 28.9 Å². The standard InChI is InChI=1S/C23H21NO7S/c25-17-7-21-20(30-11-31-21)5-14(17)13(6-22(27)24-16-9-32-10-18(16)26)15-8-29-19-4-2-1-3-12(19)23(15)28/h1-5,7-8,13,16,18,25-26H,6,9-11H2,(H,24,27)/t13-,16+,18-/m1/s1. The fourth-order valence-corrected chi connectivity index (χ4v) is 5.25. The Morgan fingerprint density at radius 1 is 1.16 bits per heavy atom. The summed E-state index contributed by atoms with van der Waals surface area (Å²) in [6, 6.07) is 9.51. The molecule has 1 fully saturated rings. The van der Waals surface area contributed by atoms with Crippen LogP contribution in [-0.2, 0) is 4.79 Å². The van der Waals surface area contributed by atoms with E-state index < -0.39 is 12.0 Å². The molecule has 5 rings (SSSR count). The van der Waals surface area contributed by atoms with Crippen molar-refractivity contribution in [2.24, 2.45) is 0 Å². The highest BCUT2D eigenvalue weighted by molar-refractivity contribution is 7.99. The summed E-state index contributed by atoms with van der Waals surface area (Å²) in [5, 5.41) is 24.0. The van der Waals surface area contributed by atoms with E-state index in [1.807, 2.05) is 0 Å². The molecule has 0 bridgehead atoms. The second-order valence-corrected chi connectivity index (χ2v) is 8.89. The smallest absolute Gasteiger partial charge is 0.231 e. The number of aliphatic hydroxyl groups is 1. The molecular weight excluding hydrogens is 434 g/mol. The number of ether oxygens (including phenoxy) is 2. The molecule has 9 heteroatoms. The van der Waals surface area contributed by atoms with E-state index >= 15 is 0 Å². The second-order valence-electron chi connectivity index (χ2n) is 7.82. The lowest BCUT2D eigenvalue weighted by Gasteiger charge is -2.21. The minimum atomic E-state index is -0.795. The summed E-state index contributed by atoms with van der Waals surface area (Å²) in [5.41, 5.74) is 0.756. The summed E-state index contributed by atoms with van der Waals surface area (Å²) < 4.78 is 16.4. The number of carbonyl (C=O) groups excluding carboxylic acids is 1. The van der Waals surface area contributed by atoms with Crippen LogP contribution in [-0.4, -0.2) is 46.6 Å². The van der Waals surface area contributed by atoms with Crippen LogP contribution >= 0.6 is 11.8 Å². The van der Waals surface area contributed by atoms with Gasteiger partial charge >= 0.3 is 0 Å². The number of aromatic hydroxyl groups is 1. The molecule has 32 heavy (non-hydrogen) atoms. The van der Waals surface area contributed by atoms with E-state index in [1.165, 1.54) is 12.3 Å². The number of rotatable bonds is 5. The van der Waals surface area contributed by atoms with Gasteiger partial charge in [-0.1, -0.05) is 12.1 Å². The summed E-state index contributed by atoms with van der Waals surface area (Å²) in [5.74, 6) is 0.747. The van der Waals surface area contributed by atoms with E-state index in [4.69, 9.17) is 13.9 Å². The highest BCUT2D eigenvalue weighted by Crippen LogP contribution is 2.42. The van der Waals surface area contributed by atoms with Gasteiger partial charge in [0.15, 0.2) is 16.9 Å². The summed E-state index contributed by atoms with van der Waals surface area (Å²) in [4.78, 5) is 26.2. The predicted molar refractivity (Wildman–Crippen MR) is 118 cm³/mol. The van der Waals surface area contributed by atoms with Crippen molar-refractivity contribution in [3.05, 3.63) is 64.0 Å². The minimum Gasteiger partial charge on any atom is -0.508 e. The van der Waals surface area contributed by atoms with Gasteiger partial charge in [0.05, 0.1) is 23.8 Å². The highest BCUT2D eigenvalue weighted by atomic mass is 32.2. The average Bonchev–Trinajstić information content (AvgIpc) is 3.40. The molecule has 3 heterocycles. The van der Waals surface area contributed by atoms with Crippen LogP contribution in [0, 0.1) is 0 Å². The molecule has 166 valence electrons. The maximum absolute atomic E-state index is 13.3. The van der Waals surface area contributed by atoms with Crippen LogP contribution in [0.15, 0.2) is 51.9 Å². The number of carbonyl (C=O) groups is 1. The zero-order valence-electron chi connectivity index (χ0n) is 16.9. The van der Waals surface area contributed by atoms with Gasteiger partial charge in [-0.2, -0.15) is 11.8 Å². The first-order valence-electron chi connectivity index (χ1n) is 10.2. The third kappa shape index (κ3) is 3.78. The molecule has 3 aromatic rings. The lowest BCUT2D eigenvalue weighted by molar-refractivity contribution is -0.122. The van der Waals surface area contributed by atoms with Crippen LogP contribution in [0.4, 0.5) is 0 Å². The Balaban J connectivity index is 1.56. The lowest BCUT2D eigenvalue weighted by atomic mass is 9.87. The van der Waals surface area contributed by atoms with Gasteiger partial charge in [-0.05, 0) is 18.2 Å². The Hall–Kier alpha value is -3.17. The third-order valence-electron chi connectivity index (χ3n) is 5.77. The van der Waals surface area contributed by atoms with E-state index in [9.17, 15) is 19.8 Å². The van der Waals surface area contributed by atoms with Gasteiger partial charge in [0.1, 0.15) is 11.3 Å². The monoisotopic (exact) mass is 455 g/mol. The number of phenols is 1. The highest BCUT2D eigenvalue weighted by Gasteiger charge is 2.31. The molecule has 0 spiro atoms.